The summed E-state index contributed by atoms with van der Waals surface area (Å²) in [6, 6.07) is 5.40. The minimum absolute atomic E-state index is 0.0315. The van der Waals surface area contributed by atoms with E-state index in [-0.39, 0.29) is 21.0 Å². The summed E-state index contributed by atoms with van der Waals surface area (Å²) in [6.45, 7) is 2.46. The first-order valence-corrected chi connectivity index (χ1v) is 10.0. The second-order valence-electron chi connectivity index (χ2n) is 4.68. The number of thiophene rings is 1. The molecule has 0 saturated heterocycles. The van der Waals surface area contributed by atoms with Crippen molar-refractivity contribution in [1.29, 1.82) is 0 Å². The number of sulfonamides is 1. The van der Waals surface area contributed by atoms with Crippen molar-refractivity contribution in [2.24, 2.45) is 0 Å². The Balaban J connectivity index is 2.61. The molecule has 124 valence electrons. The zero-order chi connectivity index (χ0) is 17.4. The Hall–Kier alpha value is -1.75. The van der Waals surface area contributed by atoms with E-state index < -0.39 is 30.8 Å². The summed E-state index contributed by atoms with van der Waals surface area (Å²) < 4.78 is 59.2. The molecule has 1 heterocycles. The smallest absolute Gasteiger partial charge is 0.294 e. The molecule has 0 aliphatic rings. The Kier molecular flexibility index (Phi) is 4.62. The minimum atomic E-state index is -4.69. The van der Waals surface area contributed by atoms with Gasteiger partial charge in [-0.25, -0.2) is 8.42 Å². The standard InChI is InChI=1S/C13H13NO6S3/c1-8-11(14-22(16,17)12-4-3-7-21-12)6-5-10(9(2)15)13(8)23(18,19)20/h3-7,14H,1-2H3,(H,18,19,20). The molecule has 0 fully saturated rings. The van der Waals surface area contributed by atoms with E-state index in [0.717, 1.165) is 24.3 Å². The number of anilines is 1. The molecule has 1 aromatic carbocycles. The van der Waals surface area contributed by atoms with Gasteiger partial charge in [0.15, 0.2) is 5.78 Å². The molecule has 23 heavy (non-hydrogen) atoms. The molecule has 2 rings (SSSR count). The highest BCUT2D eigenvalue weighted by Crippen LogP contribution is 2.29. The highest BCUT2D eigenvalue weighted by atomic mass is 32.2. The predicted octanol–water partition coefficient (Wildman–Crippen LogP) is 2.31. The van der Waals surface area contributed by atoms with Gasteiger partial charge in [0.25, 0.3) is 20.1 Å². The van der Waals surface area contributed by atoms with E-state index >= 15 is 0 Å². The van der Waals surface area contributed by atoms with Crippen LogP contribution in [-0.2, 0) is 20.1 Å². The van der Waals surface area contributed by atoms with Crippen molar-refractivity contribution in [2.75, 3.05) is 4.72 Å². The predicted molar refractivity (Wildman–Crippen MR) is 86.1 cm³/mol. The van der Waals surface area contributed by atoms with Gasteiger partial charge in [-0.15, -0.1) is 11.3 Å². The molecule has 0 aliphatic heterocycles. The van der Waals surface area contributed by atoms with Crippen LogP contribution < -0.4 is 4.72 Å². The molecule has 2 aromatic rings. The van der Waals surface area contributed by atoms with Gasteiger partial charge < -0.3 is 0 Å². The lowest BCUT2D eigenvalue weighted by molar-refractivity contribution is 0.101. The number of rotatable bonds is 5. The Morgan fingerprint density at radius 3 is 2.30 bits per heavy atom. The molecular weight excluding hydrogens is 362 g/mol. The van der Waals surface area contributed by atoms with Crippen molar-refractivity contribution in [2.45, 2.75) is 23.0 Å². The molecule has 0 atom stereocenters. The molecule has 7 nitrogen and oxygen atoms in total. The largest absolute Gasteiger partial charge is 0.295 e. The van der Waals surface area contributed by atoms with Crippen LogP contribution in [0.1, 0.15) is 22.8 Å². The number of ketones is 1. The molecule has 0 spiro atoms. The molecule has 2 N–H and O–H groups in total. The normalized spacial score (nSPS) is 12.1. The Morgan fingerprint density at radius 1 is 1.17 bits per heavy atom. The van der Waals surface area contributed by atoms with E-state index in [1.165, 1.54) is 19.1 Å². The van der Waals surface area contributed by atoms with E-state index in [0.29, 0.717) is 0 Å². The molecule has 0 saturated carbocycles. The summed E-state index contributed by atoms with van der Waals surface area (Å²) in [5, 5.41) is 1.59. The fourth-order valence-corrected chi connectivity index (χ4v) is 5.13. The summed E-state index contributed by atoms with van der Waals surface area (Å²) in [6.07, 6.45) is 0. The molecule has 0 aliphatic carbocycles. The van der Waals surface area contributed by atoms with Gasteiger partial charge in [-0.05, 0) is 43.0 Å². The zero-order valence-electron chi connectivity index (χ0n) is 12.1. The number of carbonyl (C=O) groups excluding carboxylic acids is 1. The number of hydrogen-bond acceptors (Lipinski definition) is 6. The maximum absolute atomic E-state index is 12.2. The van der Waals surface area contributed by atoms with Crippen molar-refractivity contribution in [3.05, 3.63) is 40.8 Å². The maximum Gasteiger partial charge on any atom is 0.295 e. The van der Waals surface area contributed by atoms with Crippen LogP contribution >= 0.6 is 11.3 Å². The summed E-state index contributed by atoms with van der Waals surface area (Å²) in [4.78, 5) is 10.9. The quantitative estimate of drug-likeness (QED) is 0.612. The molecule has 0 bridgehead atoms. The summed E-state index contributed by atoms with van der Waals surface area (Å²) in [5.41, 5.74) is -0.291. The highest BCUT2D eigenvalue weighted by Gasteiger charge is 2.25. The second kappa shape index (κ2) is 6.04. The molecule has 0 amide bonds. The molecule has 0 unspecified atom stereocenters. The van der Waals surface area contributed by atoms with E-state index in [4.69, 9.17) is 0 Å². The molecular formula is C13H13NO6S3. The number of carbonyl (C=O) groups is 1. The average Bonchev–Trinajstić information content (AvgIpc) is 2.93. The lowest BCUT2D eigenvalue weighted by atomic mass is 10.1. The van der Waals surface area contributed by atoms with Gasteiger partial charge >= 0.3 is 0 Å². The van der Waals surface area contributed by atoms with E-state index in [9.17, 15) is 26.2 Å². The molecule has 10 heteroatoms. The molecule has 1 aromatic heterocycles. The number of Topliss-reactive ketones (excluding diaryl/α,β-unsaturated/α-hetero) is 1. The minimum Gasteiger partial charge on any atom is -0.294 e. The second-order valence-corrected chi connectivity index (χ2v) is 8.90. The first-order chi connectivity index (χ1) is 10.5. The van der Waals surface area contributed by atoms with Gasteiger partial charge in [0.05, 0.1) is 5.69 Å². The van der Waals surface area contributed by atoms with Crippen molar-refractivity contribution in [3.8, 4) is 0 Å². The monoisotopic (exact) mass is 375 g/mol. The van der Waals surface area contributed by atoms with E-state index in [2.05, 4.69) is 4.72 Å². The van der Waals surface area contributed by atoms with Crippen LogP contribution in [0.3, 0.4) is 0 Å². The van der Waals surface area contributed by atoms with Crippen LogP contribution in [0.4, 0.5) is 5.69 Å². The van der Waals surface area contributed by atoms with Crippen LogP contribution in [0, 0.1) is 6.92 Å². The van der Waals surface area contributed by atoms with Crippen LogP contribution in [0.5, 0.6) is 0 Å². The maximum atomic E-state index is 12.2. The first kappa shape index (κ1) is 17.6. The summed E-state index contributed by atoms with van der Waals surface area (Å²) in [7, 11) is -8.57. The third-order valence-corrected chi connectivity index (χ3v) is 6.85. The van der Waals surface area contributed by atoms with Gasteiger partial charge in [0.2, 0.25) is 0 Å². The number of benzene rings is 1. The van der Waals surface area contributed by atoms with Gasteiger partial charge in [0, 0.05) is 5.56 Å². The fourth-order valence-electron chi connectivity index (χ4n) is 2.02. The Morgan fingerprint density at radius 2 is 1.83 bits per heavy atom. The van der Waals surface area contributed by atoms with E-state index in [1.54, 1.807) is 11.4 Å². The zero-order valence-corrected chi connectivity index (χ0v) is 14.5. The average molecular weight is 375 g/mol. The Bertz CT molecular complexity index is 959. The van der Waals surface area contributed by atoms with Gasteiger partial charge in [0.1, 0.15) is 9.10 Å². The third kappa shape index (κ3) is 3.61. The fraction of sp³-hybridized carbons (Fsp3) is 0.154. The Labute approximate surface area is 137 Å². The summed E-state index contributed by atoms with van der Waals surface area (Å²) in [5.74, 6) is -0.562. The van der Waals surface area contributed by atoms with Gasteiger partial charge in [-0.3, -0.25) is 14.1 Å². The van der Waals surface area contributed by atoms with Gasteiger partial charge in [-0.2, -0.15) is 8.42 Å². The van der Waals surface area contributed by atoms with Crippen LogP contribution in [-0.4, -0.2) is 27.2 Å². The van der Waals surface area contributed by atoms with Crippen molar-refractivity contribution in [1.82, 2.24) is 0 Å². The van der Waals surface area contributed by atoms with E-state index in [1.807, 2.05) is 0 Å². The number of nitrogens with one attached hydrogen (secondary N) is 1. The third-order valence-electron chi connectivity index (χ3n) is 3.05. The SMILES string of the molecule is CC(=O)c1ccc(NS(=O)(=O)c2cccs2)c(C)c1S(=O)(=O)O. The first-order valence-electron chi connectivity index (χ1n) is 6.22. The topological polar surface area (TPSA) is 118 Å². The highest BCUT2D eigenvalue weighted by molar-refractivity contribution is 7.94. The lowest BCUT2D eigenvalue weighted by Gasteiger charge is -2.14. The summed E-state index contributed by atoms with van der Waals surface area (Å²) >= 11 is 1.00. The number of hydrogen-bond donors (Lipinski definition) is 2. The van der Waals surface area contributed by atoms with Crippen molar-refractivity contribution < 1.29 is 26.2 Å². The van der Waals surface area contributed by atoms with Crippen molar-refractivity contribution >= 4 is 42.9 Å². The van der Waals surface area contributed by atoms with Crippen LogP contribution in [0.15, 0.2) is 38.8 Å². The van der Waals surface area contributed by atoms with Gasteiger partial charge in [-0.1, -0.05) is 6.07 Å². The van der Waals surface area contributed by atoms with Crippen molar-refractivity contribution in [3.63, 3.8) is 0 Å². The lowest BCUT2D eigenvalue weighted by Crippen LogP contribution is -2.15. The molecule has 0 radical (unpaired) electrons. The van der Waals surface area contributed by atoms with Crippen LogP contribution in [0.2, 0.25) is 0 Å². The van der Waals surface area contributed by atoms with Crippen LogP contribution in [0.25, 0.3) is 0 Å².